The third-order valence-electron chi connectivity index (χ3n) is 2.04. The summed E-state index contributed by atoms with van der Waals surface area (Å²) in [5.41, 5.74) is -0.316. The fraction of sp³-hybridized carbons (Fsp3) is 0.111. The van der Waals surface area contributed by atoms with Crippen LogP contribution in [0.1, 0.15) is 0 Å². The molecular formula is C9H7ClN2O2. The Balaban J connectivity index is 3.09. The van der Waals surface area contributed by atoms with Gasteiger partial charge in [-0.15, -0.1) is 0 Å². The zero-order chi connectivity index (χ0) is 10.3. The Bertz CT molecular complexity index is 562. The molecule has 2 rings (SSSR count). The lowest BCUT2D eigenvalue weighted by atomic mass is 10.2. The van der Waals surface area contributed by atoms with Gasteiger partial charge in [0.1, 0.15) is 5.75 Å². The number of aromatic hydroxyl groups is 1. The van der Waals surface area contributed by atoms with E-state index < -0.39 is 0 Å². The molecule has 2 aromatic rings. The molecule has 0 unspecified atom stereocenters. The lowest BCUT2D eigenvalue weighted by Crippen LogP contribution is -2.19. The third kappa shape index (κ3) is 1.15. The van der Waals surface area contributed by atoms with E-state index in [1.165, 1.54) is 30.1 Å². The molecule has 0 radical (unpaired) electrons. The molecule has 0 spiro atoms. The van der Waals surface area contributed by atoms with Gasteiger partial charge in [0.15, 0.2) is 0 Å². The fourth-order valence-electron chi connectivity index (χ4n) is 1.29. The predicted molar refractivity (Wildman–Crippen MR) is 53.7 cm³/mol. The molecule has 1 N–H and O–H groups in total. The van der Waals surface area contributed by atoms with Crippen LogP contribution < -0.4 is 5.56 Å². The number of benzene rings is 1. The van der Waals surface area contributed by atoms with E-state index in [0.29, 0.717) is 15.8 Å². The summed E-state index contributed by atoms with van der Waals surface area (Å²) in [6, 6.07) is 2.92. The number of hydrogen-bond donors (Lipinski definition) is 1. The Morgan fingerprint density at radius 3 is 2.93 bits per heavy atom. The van der Waals surface area contributed by atoms with Crippen LogP contribution in [0.4, 0.5) is 0 Å². The van der Waals surface area contributed by atoms with E-state index in [9.17, 15) is 9.90 Å². The second-order valence-electron chi connectivity index (χ2n) is 2.93. The highest BCUT2D eigenvalue weighted by Gasteiger charge is 2.08. The summed E-state index contributed by atoms with van der Waals surface area (Å²) in [5.74, 6) is 0.00889. The van der Waals surface area contributed by atoms with Crippen molar-refractivity contribution in [2.24, 2.45) is 7.05 Å². The number of nitrogens with zero attached hydrogens (tertiary/aromatic N) is 2. The number of fused-ring (bicyclic) bond motifs is 1. The molecule has 0 atom stereocenters. The van der Waals surface area contributed by atoms with Gasteiger partial charge in [-0.2, -0.15) is 5.10 Å². The van der Waals surface area contributed by atoms with Crippen LogP contribution in [0.5, 0.6) is 5.75 Å². The van der Waals surface area contributed by atoms with E-state index in [0.717, 1.165) is 0 Å². The van der Waals surface area contributed by atoms with Crippen LogP contribution in [-0.4, -0.2) is 14.9 Å². The van der Waals surface area contributed by atoms with Crippen molar-refractivity contribution in [2.75, 3.05) is 0 Å². The Morgan fingerprint density at radius 2 is 2.21 bits per heavy atom. The number of rotatable bonds is 0. The Morgan fingerprint density at radius 1 is 1.50 bits per heavy atom. The van der Waals surface area contributed by atoms with Gasteiger partial charge in [0.05, 0.1) is 22.0 Å². The average molecular weight is 211 g/mol. The Hall–Kier alpha value is -1.55. The fourth-order valence-corrected chi connectivity index (χ4v) is 1.53. The number of aromatic nitrogens is 2. The first kappa shape index (κ1) is 9.02. The highest BCUT2D eigenvalue weighted by molar-refractivity contribution is 6.35. The normalized spacial score (nSPS) is 10.7. The van der Waals surface area contributed by atoms with Crippen LogP contribution >= 0.6 is 11.6 Å². The van der Waals surface area contributed by atoms with Crippen molar-refractivity contribution in [1.82, 2.24) is 9.78 Å². The van der Waals surface area contributed by atoms with Crippen LogP contribution in [0, 0.1) is 0 Å². The largest absolute Gasteiger partial charge is 0.507 e. The van der Waals surface area contributed by atoms with Gasteiger partial charge in [-0.1, -0.05) is 11.6 Å². The summed E-state index contributed by atoms with van der Waals surface area (Å²) in [6.07, 6.45) is 1.41. The van der Waals surface area contributed by atoms with Crippen molar-refractivity contribution in [3.8, 4) is 5.75 Å². The smallest absolute Gasteiger partial charge is 0.276 e. The van der Waals surface area contributed by atoms with Crippen molar-refractivity contribution in [3.05, 3.63) is 33.7 Å². The quantitative estimate of drug-likeness (QED) is 0.713. The van der Waals surface area contributed by atoms with Crippen LogP contribution in [-0.2, 0) is 7.05 Å². The molecule has 0 aliphatic heterocycles. The molecule has 0 saturated carbocycles. The van der Waals surface area contributed by atoms with Crippen molar-refractivity contribution in [2.45, 2.75) is 0 Å². The van der Waals surface area contributed by atoms with Gasteiger partial charge in [0.25, 0.3) is 5.56 Å². The molecule has 14 heavy (non-hydrogen) atoms. The number of halogens is 1. The lowest BCUT2D eigenvalue weighted by molar-refractivity contribution is 0.481. The number of aryl methyl sites for hydroxylation is 1. The minimum atomic E-state index is -0.316. The van der Waals surface area contributed by atoms with Gasteiger partial charge < -0.3 is 5.11 Å². The van der Waals surface area contributed by atoms with E-state index in [1.54, 1.807) is 0 Å². The van der Waals surface area contributed by atoms with Crippen molar-refractivity contribution in [1.29, 1.82) is 0 Å². The first-order chi connectivity index (χ1) is 6.61. The average Bonchev–Trinajstić information content (AvgIpc) is 2.16. The third-order valence-corrected chi connectivity index (χ3v) is 2.35. The molecule has 5 heteroatoms. The van der Waals surface area contributed by atoms with Crippen LogP contribution in [0.3, 0.4) is 0 Å². The maximum Gasteiger partial charge on any atom is 0.276 e. The maximum absolute atomic E-state index is 11.6. The zero-order valence-corrected chi connectivity index (χ0v) is 8.12. The molecule has 0 aliphatic carbocycles. The summed E-state index contributed by atoms with van der Waals surface area (Å²) in [5, 5.41) is 14.2. The molecule has 1 aromatic carbocycles. The second-order valence-corrected chi connectivity index (χ2v) is 3.34. The standard InChI is InChI=1S/C9H7ClN2O2/c1-12-9(14)8-5(4-11-12)7(13)3-2-6(8)10/h2-4,13H,1H3. The minimum absolute atomic E-state index is 0.00889. The van der Waals surface area contributed by atoms with E-state index in [2.05, 4.69) is 5.10 Å². The van der Waals surface area contributed by atoms with Gasteiger partial charge in [-0.3, -0.25) is 4.79 Å². The highest BCUT2D eigenvalue weighted by atomic mass is 35.5. The maximum atomic E-state index is 11.6. The van der Waals surface area contributed by atoms with E-state index in [1.807, 2.05) is 0 Å². The van der Waals surface area contributed by atoms with Gasteiger partial charge in [-0.25, -0.2) is 4.68 Å². The summed E-state index contributed by atoms with van der Waals surface area (Å²) in [6.45, 7) is 0. The number of phenolic OH excluding ortho intramolecular Hbond substituents is 1. The van der Waals surface area contributed by atoms with Crippen LogP contribution in [0.2, 0.25) is 5.02 Å². The predicted octanol–water partition coefficient (Wildman–Crippen LogP) is 1.29. The lowest BCUT2D eigenvalue weighted by Gasteiger charge is -2.03. The molecule has 0 fully saturated rings. The number of hydrogen-bond acceptors (Lipinski definition) is 3. The van der Waals surface area contributed by atoms with E-state index >= 15 is 0 Å². The molecule has 0 saturated heterocycles. The second kappa shape index (κ2) is 2.99. The van der Waals surface area contributed by atoms with Crippen molar-refractivity contribution < 1.29 is 5.11 Å². The van der Waals surface area contributed by atoms with E-state index in [-0.39, 0.29) is 11.3 Å². The molecule has 4 nitrogen and oxygen atoms in total. The molecule has 0 aliphatic rings. The van der Waals surface area contributed by atoms with Gasteiger partial charge in [0, 0.05) is 7.05 Å². The Kier molecular flexibility index (Phi) is 1.93. The minimum Gasteiger partial charge on any atom is -0.507 e. The molecule has 72 valence electrons. The SMILES string of the molecule is Cn1ncc2c(O)ccc(Cl)c2c1=O. The molecular weight excluding hydrogens is 204 g/mol. The van der Waals surface area contributed by atoms with Crippen molar-refractivity contribution in [3.63, 3.8) is 0 Å². The first-order valence-corrected chi connectivity index (χ1v) is 4.32. The summed E-state index contributed by atoms with van der Waals surface area (Å²) < 4.78 is 1.17. The topological polar surface area (TPSA) is 55.1 Å². The summed E-state index contributed by atoms with van der Waals surface area (Å²) in [4.78, 5) is 11.6. The van der Waals surface area contributed by atoms with Crippen LogP contribution in [0.15, 0.2) is 23.1 Å². The molecule has 0 amide bonds. The summed E-state index contributed by atoms with van der Waals surface area (Å²) in [7, 11) is 1.53. The van der Waals surface area contributed by atoms with Crippen molar-refractivity contribution >= 4 is 22.4 Å². The van der Waals surface area contributed by atoms with Gasteiger partial charge in [0.2, 0.25) is 0 Å². The first-order valence-electron chi connectivity index (χ1n) is 3.95. The molecule has 1 heterocycles. The van der Waals surface area contributed by atoms with Crippen LogP contribution in [0.25, 0.3) is 10.8 Å². The van der Waals surface area contributed by atoms with Gasteiger partial charge >= 0.3 is 0 Å². The monoisotopic (exact) mass is 210 g/mol. The summed E-state index contributed by atoms with van der Waals surface area (Å²) >= 11 is 5.85. The number of phenols is 1. The zero-order valence-electron chi connectivity index (χ0n) is 7.36. The van der Waals surface area contributed by atoms with Gasteiger partial charge in [-0.05, 0) is 12.1 Å². The highest BCUT2D eigenvalue weighted by Crippen LogP contribution is 2.26. The Labute approximate surface area is 84.4 Å². The molecule has 1 aromatic heterocycles. The van der Waals surface area contributed by atoms with E-state index in [4.69, 9.17) is 11.6 Å². The molecule has 0 bridgehead atoms.